The van der Waals surface area contributed by atoms with Gasteiger partial charge in [0.1, 0.15) is 6.04 Å². The van der Waals surface area contributed by atoms with Gasteiger partial charge in [-0.2, -0.15) is 0 Å². The van der Waals surface area contributed by atoms with Crippen molar-refractivity contribution in [1.29, 1.82) is 0 Å². The molecule has 7 heteroatoms. The number of carbonyl (C=O) groups is 2. The van der Waals surface area contributed by atoms with Gasteiger partial charge in [-0.1, -0.05) is 13.0 Å². The van der Waals surface area contributed by atoms with Crippen molar-refractivity contribution in [3.05, 3.63) is 11.6 Å². The molecule has 2 amide bonds. The Bertz CT molecular complexity index is 483. The standard InChI is InChI=1S/C15H24N2O3S2/c1-3-4-11(2)15(19)17-10-21-9-13(17)14(18)16-12-5-7-22(20)8-6-12/h4,12-13H,3,5-10H2,1-2H3,(H,16,18)/b11-4+. The van der Waals surface area contributed by atoms with E-state index < -0.39 is 10.8 Å². The summed E-state index contributed by atoms with van der Waals surface area (Å²) in [5, 5.41) is 3.04. The van der Waals surface area contributed by atoms with Crippen molar-refractivity contribution >= 4 is 34.4 Å². The van der Waals surface area contributed by atoms with Gasteiger partial charge in [-0.05, 0) is 26.2 Å². The van der Waals surface area contributed by atoms with E-state index in [1.807, 2.05) is 13.0 Å². The Kier molecular flexibility index (Phi) is 6.50. The average molecular weight is 345 g/mol. The van der Waals surface area contributed by atoms with Gasteiger partial charge in [0.25, 0.3) is 5.91 Å². The third kappa shape index (κ3) is 4.35. The summed E-state index contributed by atoms with van der Waals surface area (Å²) in [5.74, 6) is 2.42. The van der Waals surface area contributed by atoms with Gasteiger partial charge in [0.15, 0.2) is 0 Å². The first kappa shape index (κ1) is 17.5. The molecule has 0 saturated carbocycles. The van der Waals surface area contributed by atoms with Crippen LogP contribution in [0.15, 0.2) is 11.6 Å². The highest BCUT2D eigenvalue weighted by atomic mass is 32.2. The zero-order chi connectivity index (χ0) is 16.1. The molecule has 0 aliphatic carbocycles. The normalized spacial score (nSPS) is 29.5. The molecule has 0 aromatic rings. The molecule has 5 nitrogen and oxygen atoms in total. The van der Waals surface area contributed by atoms with Crippen molar-refractivity contribution < 1.29 is 13.8 Å². The number of nitrogens with one attached hydrogen (secondary N) is 1. The molecular weight excluding hydrogens is 320 g/mol. The predicted octanol–water partition coefficient (Wildman–Crippen LogP) is 1.27. The highest BCUT2D eigenvalue weighted by Crippen LogP contribution is 2.23. The van der Waals surface area contributed by atoms with Crippen molar-refractivity contribution in [3.8, 4) is 0 Å². The van der Waals surface area contributed by atoms with Crippen LogP contribution in [0.1, 0.15) is 33.1 Å². The van der Waals surface area contributed by atoms with E-state index in [0.29, 0.717) is 28.7 Å². The van der Waals surface area contributed by atoms with Crippen molar-refractivity contribution in [2.45, 2.75) is 45.2 Å². The van der Waals surface area contributed by atoms with Crippen LogP contribution in [0.5, 0.6) is 0 Å². The summed E-state index contributed by atoms with van der Waals surface area (Å²) < 4.78 is 11.4. The number of hydrogen-bond donors (Lipinski definition) is 1. The van der Waals surface area contributed by atoms with Crippen LogP contribution in [0.4, 0.5) is 0 Å². The second-order valence-corrected chi connectivity index (χ2v) is 8.41. The summed E-state index contributed by atoms with van der Waals surface area (Å²) in [6.07, 6.45) is 4.24. The Labute approximate surface area is 138 Å². The Hall–Kier alpha value is -0.820. The highest BCUT2D eigenvalue weighted by Gasteiger charge is 2.36. The molecule has 2 fully saturated rings. The molecule has 0 spiro atoms. The lowest BCUT2D eigenvalue weighted by atomic mass is 10.1. The van der Waals surface area contributed by atoms with Crippen LogP contribution in [0.25, 0.3) is 0 Å². The van der Waals surface area contributed by atoms with E-state index in [1.165, 1.54) is 0 Å². The van der Waals surface area contributed by atoms with E-state index in [9.17, 15) is 13.8 Å². The quantitative estimate of drug-likeness (QED) is 0.780. The molecule has 2 aliphatic rings. The maximum Gasteiger partial charge on any atom is 0.250 e. The van der Waals surface area contributed by atoms with Crippen LogP contribution in [0.2, 0.25) is 0 Å². The monoisotopic (exact) mass is 344 g/mol. The minimum Gasteiger partial charge on any atom is -0.351 e. The van der Waals surface area contributed by atoms with Crippen LogP contribution >= 0.6 is 11.8 Å². The molecule has 124 valence electrons. The minimum absolute atomic E-state index is 0.0447. The Balaban J connectivity index is 1.95. The molecule has 1 unspecified atom stereocenters. The topological polar surface area (TPSA) is 66.5 Å². The van der Waals surface area contributed by atoms with E-state index in [0.717, 1.165) is 19.3 Å². The number of carbonyl (C=O) groups excluding carboxylic acids is 2. The van der Waals surface area contributed by atoms with Gasteiger partial charge in [0.2, 0.25) is 5.91 Å². The summed E-state index contributed by atoms with van der Waals surface area (Å²) in [6.45, 7) is 3.80. The average Bonchev–Trinajstić information content (AvgIpc) is 2.98. The third-order valence-electron chi connectivity index (χ3n) is 4.03. The highest BCUT2D eigenvalue weighted by molar-refractivity contribution is 7.99. The maximum atomic E-state index is 12.5. The number of nitrogens with zero attached hydrogens (tertiary/aromatic N) is 1. The molecule has 1 N–H and O–H groups in total. The van der Waals surface area contributed by atoms with Gasteiger partial charge in [0, 0.05) is 39.7 Å². The minimum atomic E-state index is -0.728. The first-order valence-electron chi connectivity index (χ1n) is 7.73. The fourth-order valence-corrected chi connectivity index (χ4v) is 5.17. The first-order valence-corrected chi connectivity index (χ1v) is 10.4. The number of rotatable bonds is 4. The van der Waals surface area contributed by atoms with E-state index in [1.54, 1.807) is 23.6 Å². The van der Waals surface area contributed by atoms with Crippen molar-refractivity contribution in [3.63, 3.8) is 0 Å². The molecule has 2 aliphatic heterocycles. The van der Waals surface area contributed by atoms with Crippen molar-refractivity contribution in [1.82, 2.24) is 10.2 Å². The third-order valence-corrected chi connectivity index (χ3v) is 6.42. The maximum absolute atomic E-state index is 12.5. The predicted molar refractivity (Wildman–Crippen MR) is 91.0 cm³/mol. The Morgan fingerprint density at radius 2 is 2.05 bits per heavy atom. The van der Waals surface area contributed by atoms with E-state index in [-0.39, 0.29) is 23.9 Å². The largest absolute Gasteiger partial charge is 0.351 e. The molecule has 2 saturated heterocycles. The fraction of sp³-hybridized carbons (Fsp3) is 0.733. The Morgan fingerprint density at radius 3 is 2.68 bits per heavy atom. The molecule has 0 bridgehead atoms. The number of thioether (sulfide) groups is 1. The summed E-state index contributed by atoms with van der Waals surface area (Å²) in [4.78, 5) is 26.6. The van der Waals surface area contributed by atoms with Gasteiger partial charge < -0.3 is 10.2 Å². The van der Waals surface area contributed by atoms with Crippen molar-refractivity contribution in [2.75, 3.05) is 23.1 Å². The summed E-state index contributed by atoms with van der Waals surface area (Å²) in [6, 6.07) is -0.287. The molecule has 0 radical (unpaired) electrons. The van der Waals surface area contributed by atoms with E-state index in [2.05, 4.69) is 5.32 Å². The van der Waals surface area contributed by atoms with Gasteiger partial charge in [-0.25, -0.2) is 0 Å². The lowest BCUT2D eigenvalue weighted by molar-refractivity contribution is -0.135. The van der Waals surface area contributed by atoms with E-state index >= 15 is 0 Å². The van der Waals surface area contributed by atoms with Crippen LogP contribution in [-0.4, -0.2) is 56.1 Å². The molecule has 2 heterocycles. The second kappa shape index (κ2) is 8.15. The zero-order valence-electron chi connectivity index (χ0n) is 13.2. The van der Waals surface area contributed by atoms with Crippen LogP contribution in [-0.2, 0) is 20.4 Å². The summed E-state index contributed by atoms with van der Waals surface area (Å²) in [7, 11) is -0.728. The van der Waals surface area contributed by atoms with Crippen LogP contribution < -0.4 is 5.32 Å². The molecule has 2 rings (SSSR count). The molecule has 22 heavy (non-hydrogen) atoms. The zero-order valence-corrected chi connectivity index (χ0v) is 14.8. The molecule has 1 atom stereocenters. The summed E-state index contributed by atoms with van der Waals surface area (Å²) in [5.41, 5.74) is 0.705. The van der Waals surface area contributed by atoms with Gasteiger partial charge in [-0.3, -0.25) is 13.8 Å². The Morgan fingerprint density at radius 1 is 1.36 bits per heavy atom. The van der Waals surface area contributed by atoms with E-state index in [4.69, 9.17) is 0 Å². The van der Waals surface area contributed by atoms with Gasteiger partial charge >= 0.3 is 0 Å². The van der Waals surface area contributed by atoms with Crippen LogP contribution in [0.3, 0.4) is 0 Å². The van der Waals surface area contributed by atoms with Crippen molar-refractivity contribution in [2.24, 2.45) is 0 Å². The van der Waals surface area contributed by atoms with Crippen LogP contribution in [0, 0.1) is 0 Å². The SMILES string of the molecule is CC/C=C(\C)C(=O)N1CSCC1C(=O)NC1CCS(=O)CC1. The molecule has 0 aromatic heterocycles. The second-order valence-electron chi connectivity index (χ2n) is 5.72. The molecule has 0 aromatic carbocycles. The first-order chi connectivity index (χ1) is 10.5. The van der Waals surface area contributed by atoms with Gasteiger partial charge in [0.05, 0.1) is 5.88 Å². The summed E-state index contributed by atoms with van der Waals surface area (Å²) >= 11 is 1.61. The van der Waals surface area contributed by atoms with Gasteiger partial charge in [-0.15, -0.1) is 11.8 Å². The lowest BCUT2D eigenvalue weighted by Gasteiger charge is -2.27. The lowest BCUT2D eigenvalue weighted by Crippen LogP contribution is -2.51. The smallest absolute Gasteiger partial charge is 0.250 e. The number of amides is 2. The fourth-order valence-electron chi connectivity index (χ4n) is 2.72. The number of allylic oxidation sites excluding steroid dienone is 1. The number of hydrogen-bond acceptors (Lipinski definition) is 4. The molecular formula is C15H24N2O3S2.